The lowest BCUT2D eigenvalue weighted by molar-refractivity contribution is -0.121. The second kappa shape index (κ2) is 13.3. The third-order valence-corrected chi connectivity index (χ3v) is 10.3. The molecule has 0 aliphatic heterocycles. The van der Waals surface area contributed by atoms with Crippen LogP contribution < -0.4 is 15.5 Å². The van der Waals surface area contributed by atoms with Crippen LogP contribution >= 0.6 is 0 Å². The van der Waals surface area contributed by atoms with Crippen LogP contribution in [-0.2, 0) is 28.4 Å². The molecule has 2 aromatic carbocycles. The highest BCUT2D eigenvalue weighted by molar-refractivity contribution is 7.84. The van der Waals surface area contributed by atoms with Crippen molar-refractivity contribution < 1.29 is 13.4 Å². The van der Waals surface area contributed by atoms with Crippen LogP contribution in [0.25, 0.3) is 17.2 Å². The van der Waals surface area contributed by atoms with Gasteiger partial charge < -0.3 is 15.5 Å². The van der Waals surface area contributed by atoms with E-state index in [4.69, 9.17) is 9.97 Å². The smallest absolute Gasteiger partial charge is 0.225 e. The molecule has 3 aromatic rings. The number of anilines is 2. The van der Waals surface area contributed by atoms with E-state index in [9.17, 15) is 13.4 Å². The van der Waals surface area contributed by atoms with Gasteiger partial charge in [-0.3, -0.25) is 9.00 Å². The summed E-state index contributed by atoms with van der Waals surface area (Å²) in [6, 6.07) is 12.8. The maximum Gasteiger partial charge on any atom is 0.225 e. The van der Waals surface area contributed by atoms with Crippen LogP contribution in [0.15, 0.2) is 52.9 Å². The molecule has 1 aromatic heterocycles. The summed E-state index contributed by atoms with van der Waals surface area (Å²) < 4.78 is 26.2. The Balaban J connectivity index is 1.10. The van der Waals surface area contributed by atoms with Gasteiger partial charge in [0.1, 0.15) is 11.6 Å². The minimum Gasteiger partial charge on any atom is -0.362 e. The third-order valence-electron chi connectivity index (χ3n) is 9.32. The van der Waals surface area contributed by atoms with Gasteiger partial charge in [-0.2, -0.15) is 4.98 Å². The number of carbonyl (C=O) groups is 1. The van der Waals surface area contributed by atoms with Gasteiger partial charge in [0.25, 0.3) is 0 Å². The average Bonchev–Trinajstić information content (AvgIpc) is 3.26. The second-order valence-corrected chi connectivity index (χ2v) is 14.1. The van der Waals surface area contributed by atoms with E-state index in [0.29, 0.717) is 5.95 Å². The van der Waals surface area contributed by atoms with E-state index in [-0.39, 0.29) is 30.2 Å². The summed E-state index contributed by atoms with van der Waals surface area (Å²) in [5.41, 5.74) is 7.93. The molecule has 0 spiro atoms. The standard InChI is InChI=1S/C36H42FN5O2S/c1-22-30(19-23-9-16-27(17-10-23)45(4)44)28-18-11-24(37)20-32(28)31(22)21-34(43)38-25-12-14-26(15-13-25)39-36-40-33-8-6-5-7-29(33)35(41-36)42(2)3/h9-11,16-20,25-26H,5-8,12-15,21H2,1-4H3,(H,38,43)(H,39,40,41)/b30-19+. The number of nitrogens with one attached hydrogen (secondary N) is 2. The molecule has 2 N–H and O–H groups in total. The highest BCUT2D eigenvalue weighted by Gasteiger charge is 2.28. The number of benzene rings is 2. The first-order valence-electron chi connectivity index (χ1n) is 15.9. The molecule has 1 unspecified atom stereocenters. The molecular formula is C36H42FN5O2S. The molecular weight excluding hydrogens is 585 g/mol. The Morgan fingerprint density at radius 2 is 1.71 bits per heavy atom. The number of carbonyl (C=O) groups excluding carboxylic acids is 1. The van der Waals surface area contributed by atoms with Crippen LogP contribution in [0.4, 0.5) is 16.2 Å². The van der Waals surface area contributed by atoms with Crippen molar-refractivity contribution in [3.05, 3.63) is 81.8 Å². The highest BCUT2D eigenvalue weighted by Crippen LogP contribution is 2.44. The number of aryl methyl sites for hydroxylation is 1. The number of fused-ring (bicyclic) bond motifs is 2. The van der Waals surface area contributed by atoms with Crippen molar-refractivity contribution in [2.24, 2.45) is 0 Å². The summed E-state index contributed by atoms with van der Waals surface area (Å²) in [4.78, 5) is 26.0. The molecule has 0 radical (unpaired) electrons. The number of halogens is 1. The number of allylic oxidation sites excluding steroid dienone is 2. The van der Waals surface area contributed by atoms with Gasteiger partial charge in [-0.25, -0.2) is 9.37 Å². The summed E-state index contributed by atoms with van der Waals surface area (Å²) in [6.07, 6.45) is 11.9. The Bertz CT molecular complexity index is 1690. The molecule has 236 valence electrons. The molecule has 45 heavy (non-hydrogen) atoms. The Labute approximate surface area is 267 Å². The van der Waals surface area contributed by atoms with Crippen molar-refractivity contribution in [3.8, 4) is 0 Å². The lowest BCUT2D eigenvalue weighted by atomic mass is 9.91. The molecule has 1 fully saturated rings. The van der Waals surface area contributed by atoms with Gasteiger partial charge in [-0.05, 0) is 122 Å². The van der Waals surface area contributed by atoms with E-state index in [1.54, 1.807) is 12.3 Å². The molecule has 1 heterocycles. The normalized spacial score (nSPS) is 20.9. The molecule has 6 rings (SSSR count). The number of hydrogen-bond acceptors (Lipinski definition) is 6. The summed E-state index contributed by atoms with van der Waals surface area (Å²) >= 11 is 0. The first-order valence-corrected chi connectivity index (χ1v) is 17.5. The van der Waals surface area contributed by atoms with E-state index in [1.807, 2.05) is 45.3 Å². The summed E-state index contributed by atoms with van der Waals surface area (Å²) in [5, 5.41) is 6.85. The summed E-state index contributed by atoms with van der Waals surface area (Å²) in [5.74, 6) is 1.37. The van der Waals surface area contributed by atoms with Gasteiger partial charge >= 0.3 is 0 Å². The topological polar surface area (TPSA) is 87.2 Å². The Morgan fingerprint density at radius 3 is 2.42 bits per heavy atom. The van der Waals surface area contributed by atoms with Crippen molar-refractivity contribution in [1.29, 1.82) is 0 Å². The number of aromatic nitrogens is 2. The van der Waals surface area contributed by atoms with Crippen LogP contribution in [0.1, 0.15) is 79.8 Å². The van der Waals surface area contributed by atoms with Gasteiger partial charge in [0.2, 0.25) is 11.9 Å². The predicted molar refractivity (Wildman–Crippen MR) is 181 cm³/mol. The van der Waals surface area contributed by atoms with Crippen molar-refractivity contribution in [2.75, 3.05) is 30.6 Å². The van der Waals surface area contributed by atoms with Crippen LogP contribution in [0, 0.1) is 5.82 Å². The SMILES string of the molecule is CC1=C(CC(=O)NC2CCC(Nc3nc4c(c(N(C)C)n3)CCCC4)CC2)c2cc(F)ccc2/C1=C/c1ccc(S(C)=O)cc1. The van der Waals surface area contributed by atoms with Crippen LogP contribution in [0.5, 0.6) is 0 Å². The molecule has 0 saturated heterocycles. The molecule has 7 nitrogen and oxygen atoms in total. The fourth-order valence-electron chi connectivity index (χ4n) is 6.92. The van der Waals surface area contributed by atoms with Gasteiger partial charge in [-0.15, -0.1) is 0 Å². The number of amides is 1. The monoisotopic (exact) mass is 627 g/mol. The van der Waals surface area contributed by atoms with E-state index >= 15 is 0 Å². The Kier molecular flexibility index (Phi) is 9.17. The van der Waals surface area contributed by atoms with Crippen molar-refractivity contribution in [2.45, 2.75) is 81.7 Å². The van der Waals surface area contributed by atoms with E-state index in [1.165, 1.54) is 36.2 Å². The molecule has 3 aliphatic carbocycles. The Morgan fingerprint density at radius 1 is 1.00 bits per heavy atom. The molecule has 1 atom stereocenters. The van der Waals surface area contributed by atoms with Crippen molar-refractivity contribution in [3.63, 3.8) is 0 Å². The number of rotatable bonds is 8. The van der Waals surface area contributed by atoms with Crippen molar-refractivity contribution >= 4 is 45.7 Å². The van der Waals surface area contributed by atoms with Gasteiger partial charge in [0, 0.05) is 53.7 Å². The number of hydrogen-bond donors (Lipinski definition) is 2. The largest absolute Gasteiger partial charge is 0.362 e. The first-order chi connectivity index (χ1) is 21.7. The van der Waals surface area contributed by atoms with Gasteiger partial charge in [0.05, 0.1) is 12.1 Å². The first kappa shape index (κ1) is 31.1. The maximum absolute atomic E-state index is 14.4. The molecule has 0 bridgehead atoms. The van der Waals surface area contributed by atoms with Crippen LogP contribution in [-0.4, -0.2) is 52.5 Å². The zero-order valence-corrected chi connectivity index (χ0v) is 27.4. The van der Waals surface area contributed by atoms with Crippen LogP contribution in [0.3, 0.4) is 0 Å². The van der Waals surface area contributed by atoms with Gasteiger partial charge in [0.15, 0.2) is 0 Å². The van der Waals surface area contributed by atoms with E-state index < -0.39 is 10.8 Å². The molecule has 1 saturated carbocycles. The van der Waals surface area contributed by atoms with Crippen molar-refractivity contribution in [1.82, 2.24) is 15.3 Å². The summed E-state index contributed by atoms with van der Waals surface area (Å²) in [7, 11) is 3.04. The summed E-state index contributed by atoms with van der Waals surface area (Å²) in [6.45, 7) is 2.00. The zero-order valence-electron chi connectivity index (χ0n) is 26.6. The third kappa shape index (κ3) is 6.88. The van der Waals surface area contributed by atoms with Gasteiger partial charge in [-0.1, -0.05) is 18.2 Å². The minimum absolute atomic E-state index is 0.0411. The minimum atomic E-state index is -1.04. The average molecular weight is 628 g/mol. The predicted octanol–water partition coefficient (Wildman–Crippen LogP) is 6.56. The van der Waals surface area contributed by atoms with E-state index in [0.717, 1.165) is 82.6 Å². The fraction of sp³-hybridized carbons (Fsp3) is 0.417. The lowest BCUT2D eigenvalue weighted by Gasteiger charge is -2.30. The molecule has 1 amide bonds. The zero-order chi connectivity index (χ0) is 31.7. The molecule has 3 aliphatic rings. The number of nitrogens with zero attached hydrogens (tertiary/aromatic N) is 3. The second-order valence-electron chi connectivity index (χ2n) is 12.7. The fourth-order valence-corrected chi connectivity index (χ4v) is 7.44. The maximum atomic E-state index is 14.4. The van der Waals surface area contributed by atoms with Crippen LogP contribution in [0.2, 0.25) is 0 Å². The Hall–Kier alpha value is -3.85. The lowest BCUT2D eigenvalue weighted by Crippen LogP contribution is -2.40. The highest BCUT2D eigenvalue weighted by atomic mass is 32.2. The molecule has 9 heteroatoms. The quantitative estimate of drug-likeness (QED) is 0.294. The van der Waals surface area contributed by atoms with E-state index in [2.05, 4.69) is 21.6 Å².